The monoisotopic (exact) mass is 784 g/mol. The Labute approximate surface area is 321 Å². The number of hydrogen-bond donors (Lipinski definition) is 0. The second kappa shape index (κ2) is 20.6. The van der Waals surface area contributed by atoms with Gasteiger partial charge in [0.2, 0.25) is 0 Å². The van der Waals surface area contributed by atoms with Crippen LogP contribution in [0, 0.1) is 6.92 Å². The summed E-state index contributed by atoms with van der Waals surface area (Å²) in [7, 11) is 12.8. The second-order valence-electron chi connectivity index (χ2n) is 11.7. The van der Waals surface area contributed by atoms with E-state index in [0.717, 1.165) is 19.3 Å². The minimum absolute atomic E-state index is 0.826. The second-order valence-corrected chi connectivity index (χ2v) is 15.4. The molecule has 0 aromatic heterocycles. The van der Waals surface area contributed by atoms with Gasteiger partial charge in [-0.1, -0.05) is 136 Å². The van der Waals surface area contributed by atoms with Crippen LogP contribution in [-0.4, -0.2) is 10.2 Å². The molecular weight excluding hydrogens is 743 g/mol. The van der Waals surface area contributed by atoms with Crippen molar-refractivity contribution in [3.8, 4) is 22.3 Å². The topological polar surface area (TPSA) is 0 Å². The molecule has 0 aliphatic carbocycles. The maximum absolute atomic E-state index is 4.93. The van der Waals surface area contributed by atoms with E-state index in [-0.39, 0.29) is 0 Å². The molecule has 4 heteroatoms. The van der Waals surface area contributed by atoms with Crippen molar-refractivity contribution in [2.75, 3.05) is 0 Å². The first-order chi connectivity index (χ1) is 24.6. The molecule has 0 heterocycles. The Morgan fingerprint density at radius 2 is 0.800 bits per heavy atom. The third-order valence-electron chi connectivity index (χ3n) is 8.60. The summed E-state index contributed by atoms with van der Waals surface area (Å²) in [5, 5.41) is 10.7. The average molecular weight is 787 g/mol. The van der Waals surface area contributed by atoms with Gasteiger partial charge in [-0.2, -0.15) is 18.6 Å². The number of halogens is 2. The Morgan fingerprint density at radius 3 is 1.16 bits per heavy atom. The van der Waals surface area contributed by atoms with Gasteiger partial charge in [-0.3, -0.25) is 0 Å². The van der Waals surface area contributed by atoms with Crippen molar-refractivity contribution in [2.45, 2.75) is 46.6 Å². The molecule has 8 aromatic rings. The fourth-order valence-corrected chi connectivity index (χ4v) is 6.39. The molecule has 0 spiro atoms. The van der Waals surface area contributed by atoms with E-state index in [9.17, 15) is 0 Å². The van der Waals surface area contributed by atoms with Crippen LogP contribution in [0.3, 0.4) is 0 Å². The van der Waals surface area contributed by atoms with Crippen molar-refractivity contribution in [1.29, 1.82) is 0 Å². The summed E-state index contributed by atoms with van der Waals surface area (Å²) in [5.74, 6) is 0. The van der Waals surface area contributed by atoms with Gasteiger partial charge in [0.15, 0.2) is 0 Å². The van der Waals surface area contributed by atoms with E-state index < -0.39 is 20.8 Å². The van der Waals surface area contributed by atoms with Crippen molar-refractivity contribution in [1.82, 2.24) is 0 Å². The minimum atomic E-state index is -0.826. The van der Waals surface area contributed by atoms with E-state index in [0.29, 0.717) is 0 Å². The first-order valence-electron chi connectivity index (χ1n) is 17.1. The van der Waals surface area contributed by atoms with Crippen LogP contribution in [-0.2, 0) is 33.7 Å². The molecule has 0 aliphatic heterocycles. The van der Waals surface area contributed by atoms with Crippen LogP contribution in [0.1, 0.15) is 38.3 Å². The molecule has 50 heavy (non-hydrogen) atoms. The summed E-state index contributed by atoms with van der Waals surface area (Å²) in [6.45, 7) is 11.7. The van der Waals surface area contributed by atoms with Gasteiger partial charge >= 0.3 is 37.9 Å². The van der Waals surface area contributed by atoms with Gasteiger partial charge in [0.25, 0.3) is 0 Å². The normalized spacial score (nSPS) is 10.2. The van der Waals surface area contributed by atoms with Gasteiger partial charge in [0.1, 0.15) is 0 Å². The van der Waals surface area contributed by atoms with Crippen molar-refractivity contribution < 1.29 is 20.8 Å². The molecule has 3 radical (unpaired) electrons. The number of aryl methyl sites for hydroxylation is 2. The summed E-state index contributed by atoms with van der Waals surface area (Å²) in [4.78, 5) is 0. The number of fused-ring (bicyclic) bond motifs is 4. The van der Waals surface area contributed by atoms with Crippen LogP contribution < -0.4 is 0 Å². The average Bonchev–Trinajstić information content (AvgIpc) is 3.81. The predicted octanol–water partition coefficient (Wildman–Crippen LogP) is 14.7. The Hall–Kier alpha value is -3.26. The molecule has 8 rings (SSSR count). The summed E-state index contributed by atoms with van der Waals surface area (Å²) < 4.78 is 0. The van der Waals surface area contributed by atoms with Crippen LogP contribution in [0.2, 0.25) is 6.55 Å². The van der Waals surface area contributed by atoms with Crippen LogP contribution >= 0.6 is 17.0 Å². The van der Waals surface area contributed by atoms with Gasteiger partial charge < -0.3 is 6.92 Å². The van der Waals surface area contributed by atoms with Crippen molar-refractivity contribution >= 4 is 70.4 Å². The van der Waals surface area contributed by atoms with Gasteiger partial charge in [0.05, 0.1) is 0 Å². The summed E-state index contributed by atoms with van der Waals surface area (Å²) >= 11 is -0.826. The maximum atomic E-state index is 4.93. The van der Waals surface area contributed by atoms with E-state index in [1.165, 1.54) is 76.5 Å². The first kappa shape index (κ1) is 39.5. The molecule has 8 aromatic carbocycles. The first-order valence-corrected chi connectivity index (χ1v) is 24.5. The van der Waals surface area contributed by atoms with Crippen LogP contribution in [0.15, 0.2) is 146 Å². The number of rotatable bonds is 4. The zero-order valence-electron chi connectivity index (χ0n) is 29.4. The molecule has 0 amide bonds. The Bertz CT molecular complexity index is 2060. The summed E-state index contributed by atoms with van der Waals surface area (Å²) in [6.07, 6.45) is 3.17. The van der Waals surface area contributed by atoms with E-state index in [1.807, 2.05) is 6.92 Å². The van der Waals surface area contributed by atoms with Gasteiger partial charge in [0, 0.05) is 10.2 Å². The fraction of sp³-hybridized carbons (Fsp3) is 0.152. The zero-order chi connectivity index (χ0) is 35.9. The van der Waals surface area contributed by atoms with E-state index in [4.69, 9.17) is 17.0 Å². The Kier molecular flexibility index (Phi) is 16.2. The van der Waals surface area contributed by atoms with Crippen molar-refractivity contribution in [3.63, 3.8) is 0 Å². The molecule has 0 N–H and O–H groups in total. The van der Waals surface area contributed by atoms with Crippen LogP contribution in [0.4, 0.5) is 0 Å². The molecule has 0 atom stereocenters. The molecular formula is C46H44Cl2SiZr-3. The van der Waals surface area contributed by atoms with Gasteiger partial charge in [-0.25, -0.2) is 0 Å². The molecule has 0 saturated carbocycles. The van der Waals surface area contributed by atoms with Crippen molar-refractivity contribution in [3.05, 3.63) is 164 Å². The van der Waals surface area contributed by atoms with Crippen molar-refractivity contribution in [2.24, 2.45) is 0 Å². The molecule has 0 unspecified atom stereocenters. The molecule has 0 nitrogen and oxygen atoms in total. The molecule has 0 saturated heterocycles. The summed E-state index contributed by atoms with van der Waals surface area (Å²) in [6, 6.07) is 52.9. The standard InChI is InChI=1S/2C21H17.C3H7.CH3Si.2ClH.Zr/c2*1-2-15-13-17-9-6-12-20(21(17)14-15)19-11-5-8-16-7-3-4-10-18(16)19;1-3-2;1-2;;;/h2*3-14H,2H2,1H3;1,3H2,2H3;1H3;2*1H;/q3*-1;;;;+2/p-2. The molecule has 253 valence electrons. The number of hydrogen-bond acceptors (Lipinski definition) is 0. The summed E-state index contributed by atoms with van der Waals surface area (Å²) in [5.41, 5.74) is 8.15. The molecule has 0 aliphatic rings. The third kappa shape index (κ3) is 9.54. The van der Waals surface area contributed by atoms with E-state index in [2.05, 4.69) is 177 Å². The molecule has 0 bridgehead atoms. The number of benzene rings is 6. The van der Waals surface area contributed by atoms with Gasteiger partial charge in [-0.05, 0) is 45.5 Å². The SMILES string of the molecule is CCc1cc2c(-c3cccc4ccccc34)cccc2[cH-]1.CCc1cc2c(-c3cccc4ccccc34)cccc2[cH-]1.C[Si].[CH2-]CC.[Cl][Zr][Cl]. The Balaban J connectivity index is 0.000000187. The third-order valence-corrected chi connectivity index (χ3v) is 8.60. The zero-order valence-corrected chi connectivity index (χ0v) is 34.4. The fourth-order valence-electron chi connectivity index (χ4n) is 6.39. The van der Waals surface area contributed by atoms with Gasteiger partial charge in [-0.15, -0.1) is 69.1 Å². The van der Waals surface area contributed by atoms with E-state index >= 15 is 0 Å². The quantitative estimate of drug-likeness (QED) is 0.123. The molecule has 0 fully saturated rings. The Morgan fingerprint density at radius 1 is 0.500 bits per heavy atom. The predicted molar refractivity (Wildman–Crippen MR) is 223 cm³/mol. The van der Waals surface area contributed by atoms with Crippen LogP contribution in [0.25, 0.3) is 65.3 Å². The van der Waals surface area contributed by atoms with Crippen LogP contribution in [0.5, 0.6) is 0 Å². The van der Waals surface area contributed by atoms with E-state index in [1.54, 1.807) is 6.55 Å².